The predicted octanol–water partition coefficient (Wildman–Crippen LogP) is 0.178. The topological polar surface area (TPSA) is 79.2 Å². The van der Waals surface area contributed by atoms with Crippen LogP contribution in [0.5, 0.6) is 0 Å². The summed E-state index contributed by atoms with van der Waals surface area (Å²) in [7, 11) is 0. The Balaban J connectivity index is 2.51. The Morgan fingerprint density at radius 2 is 1.76 bits per heavy atom. The SMILES string of the molecule is NC(=S)NNC(=S)NC(=O)c1ccc(F)cc1. The molecule has 0 aliphatic carbocycles. The number of amides is 1. The van der Waals surface area contributed by atoms with E-state index >= 15 is 0 Å². The van der Waals surface area contributed by atoms with Crippen LogP contribution in [0, 0.1) is 5.82 Å². The van der Waals surface area contributed by atoms with Gasteiger partial charge >= 0.3 is 0 Å². The van der Waals surface area contributed by atoms with E-state index in [2.05, 4.69) is 28.4 Å². The summed E-state index contributed by atoms with van der Waals surface area (Å²) in [4.78, 5) is 11.6. The van der Waals surface area contributed by atoms with Gasteiger partial charge in [-0.05, 0) is 48.7 Å². The highest BCUT2D eigenvalue weighted by molar-refractivity contribution is 7.80. The summed E-state index contributed by atoms with van der Waals surface area (Å²) >= 11 is 9.31. The highest BCUT2D eigenvalue weighted by atomic mass is 32.1. The summed E-state index contributed by atoms with van der Waals surface area (Å²) in [5.74, 6) is -0.885. The number of nitrogens with two attached hydrogens (primary N) is 1. The minimum Gasteiger partial charge on any atom is -0.375 e. The molecule has 90 valence electrons. The summed E-state index contributed by atoms with van der Waals surface area (Å²) in [6.45, 7) is 0. The summed E-state index contributed by atoms with van der Waals surface area (Å²) < 4.78 is 12.6. The lowest BCUT2D eigenvalue weighted by molar-refractivity contribution is 0.0976. The number of thiocarbonyl (C=S) groups is 2. The monoisotopic (exact) mass is 272 g/mol. The minimum atomic E-state index is -0.466. The maximum Gasteiger partial charge on any atom is 0.257 e. The van der Waals surface area contributed by atoms with E-state index in [0.717, 1.165) is 0 Å². The van der Waals surface area contributed by atoms with E-state index in [1.54, 1.807) is 0 Å². The van der Waals surface area contributed by atoms with Gasteiger partial charge in [-0.2, -0.15) is 0 Å². The second kappa shape index (κ2) is 6.06. The summed E-state index contributed by atoms with van der Waals surface area (Å²) in [5.41, 5.74) is 10.2. The van der Waals surface area contributed by atoms with Gasteiger partial charge in [0.25, 0.3) is 5.91 Å². The van der Waals surface area contributed by atoms with Crippen molar-refractivity contribution < 1.29 is 9.18 Å². The van der Waals surface area contributed by atoms with E-state index in [1.807, 2.05) is 0 Å². The molecule has 1 aromatic carbocycles. The Kier molecular flexibility index (Phi) is 4.73. The van der Waals surface area contributed by atoms with Gasteiger partial charge in [-0.1, -0.05) is 0 Å². The third-order valence-corrected chi connectivity index (χ3v) is 1.94. The van der Waals surface area contributed by atoms with Crippen molar-refractivity contribution in [1.29, 1.82) is 0 Å². The fraction of sp³-hybridized carbons (Fsp3) is 0. The quantitative estimate of drug-likeness (QED) is 0.431. The average Bonchev–Trinajstić information content (AvgIpc) is 2.27. The maximum absolute atomic E-state index is 12.6. The van der Waals surface area contributed by atoms with Gasteiger partial charge in [0.15, 0.2) is 10.2 Å². The molecule has 0 aromatic heterocycles. The average molecular weight is 272 g/mol. The molecule has 5 N–H and O–H groups in total. The molecule has 0 aliphatic heterocycles. The molecule has 0 unspecified atom stereocenters. The van der Waals surface area contributed by atoms with Crippen LogP contribution in [0.25, 0.3) is 0 Å². The lowest BCUT2D eigenvalue weighted by Crippen LogP contribution is -2.50. The molecule has 5 nitrogen and oxygen atoms in total. The second-order valence-electron chi connectivity index (χ2n) is 2.90. The van der Waals surface area contributed by atoms with Gasteiger partial charge in [-0.3, -0.25) is 21.0 Å². The third-order valence-electron chi connectivity index (χ3n) is 1.63. The molecule has 0 spiro atoms. The lowest BCUT2D eigenvalue weighted by Gasteiger charge is -2.09. The normalized spacial score (nSPS) is 9.24. The first kappa shape index (κ1) is 13.3. The van der Waals surface area contributed by atoms with Crippen LogP contribution in [0.4, 0.5) is 4.39 Å². The van der Waals surface area contributed by atoms with Gasteiger partial charge < -0.3 is 5.73 Å². The van der Waals surface area contributed by atoms with Gasteiger partial charge in [0, 0.05) is 5.56 Å². The van der Waals surface area contributed by atoms with Crippen molar-refractivity contribution in [2.75, 3.05) is 0 Å². The van der Waals surface area contributed by atoms with Crippen LogP contribution >= 0.6 is 24.4 Å². The van der Waals surface area contributed by atoms with Crippen LogP contribution in [0.2, 0.25) is 0 Å². The smallest absolute Gasteiger partial charge is 0.257 e. The van der Waals surface area contributed by atoms with Crippen LogP contribution in [0.15, 0.2) is 24.3 Å². The van der Waals surface area contributed by atoms with Crippen LogP contribution in [0.3, 0.4) is 0 Å². The van der Waals surface area contributed by atoms with Gasteiger partial charge in [-0.15, -0.1) is 0 Å². The van der Waals surface area contributed by atoms with Gasteiger partial charge in [0.05, 0.1) is 0 Å². The zero-order chi connectivity index (χ0) is 12.8. The van der Waals surface area contributed by atoms with Crippen molar-refractivity contribution in [3.63, 3.8) is 0 Å². The maximum atomic E-state index is 12.6. The molecule has 0 radical (unpaired) electrons. The molecule has 1 rings (SSSR count). The molecule has 17 heavy (non-hydrogen) atoms. The van der Waals surface area contributed by atoms with Crippen LogP contribution < -0.4 is 21.9 Å². The largest absolute Gasteiger partial charge is 0.375 e. The Labute approximate surface area is 108 Å². The van der Waals surface area contributed by atoms with Crippen LogP contribution in [-0.4, -0.2) is 16.1 Å². The molecule has 0 saturated heterocycles. The van der Waals surface area contributed by atoms with Crippen molar-refractivity contribution in [1.82, 2.24) is 16.2 Å². The Morgan fingerprint density at radius 3 is 2.29 bits per heavy atom. The lowest BCUT2D eigenvalue weighted by atomic mass is 10.2. The van der Waals surface area contributed by atoms with E-state index in [0.29, 0.717) is 0 Å². The standard InChI is InChI=1S/C9H9FN4OS2/c10-6-3-1-5(2-4-6)7(15)12-9(17)14-13-8(11)16/h1-4H,(H3,11,13,16)(H2,12,14,15,17). The van der Waals surface area contributed by atoms with Crippen molar-refractivity contribution >= 4 is 40.6 Å². The van der Waals surface area contributed by atoms with E-state index < -0.39 is 11.7 Å². The van der Waals surface area contributed by atoms with Crippen LogP contribution in [0.1, 0.15) is 10.4 Å². The molecule has 1 aromatic rings. The number of hydrazine groups is 1. The zero-order valence-corrected chi connectivity index (χ0v) is 10.1. The second-order valence-corrected chi connectivity index (χ2v) is 3.75. The first-order valence-electron chi connectivity index (χ1n) is 4.41. The number of benzene rings is 1. The van der Waals surface area contributed by atoms with E-state index in [9.17, 15) is 9.18 Å². The molecule has 0 fully saturated rings. The van der Waals surface area contributed by atoms with Crippen molar-refractivity contribution in [3.05, 3.63) is 35.6 Å². The molecule has 0 bridgehead atoms. The molecule has 8 heteroatoms. The number of nitrogens with one attached hydrogen (secondary N) is 3. The number of hydrogen-bond donors (Lipinski definition) is 4. The van der Waals surface area contributed by atoms with Gasteiger partial charge in [0.1, 0.15) is 5.82 Å². The Hall–Kier alpha value is -1.80. The van der Waals surface area contributed by atoms with E-state index in [-0.39, 0.29) is 15.8 Å². The zero-order valence-electron chi connectivity index (χ0n) is 8.49. The molecule has 0 atom stereocenters. The van der Waals surface area contributed by atoms with Crippen molar-refractivity contribution in [2.45, 2.75) is 0 Å². The summed E-state index contributed by atoms with van der Waals surface area (Å²) in [6, 6.07) is 5.04. The van der Waals surface area contributed by atoms with Crippen molar-refractivity contribution in [3.8, 4) is 0 Å². The number of hydrogen-bond acceptors (Lipinski definition) is 3. The Bertz CT molecular complexity index is 449. The first-order chi connectivity index (χ1) is 7.99. The van der Waals surface area contributed by atoms with E-state index in [1.165, 1.54) is 24.3 Å². The molecular weight excluding hydrogens is 263 g/mol. The fourth-order valence-electron chi connectivity index (χ4n) is 0.926. The third kappa shape index (κ3) is 4.70. The molecular formula is C9H9FN4OS2. The summed E-state index contributed by atoms with van der Waals surface area (Å²) in [6.07, 6.45) is 0. The first-order valence-corrected chi connectivity index (χ1v) is 5.23. The number of rotatable bonds is 1. The Morgan fingerprint density at radius 1 is 1.18 bits per heavy atom. The predicted molar refractivity (Wildman–Crippen MR) is 69.5 cm³/mol. The molecule has 0 saturated carbocycles. The molecule has 0 aliphatic rings. The minimum absolute atomic E-state index is 0.00660. The van der Waals surface area contributed by atoms with Crippen LogP contribution in [-0.2, 0) is 0 Å². The van der Waals surface area contributed by atoms with E-state index in [4.69, 9.17) is 18.0 Å². The number of carbonyl (C=O) groups is 1. The fourth-order valence-corrected chi connectivity index (χ4v) is 1.12. The highest BCUT2D eigenvalue weighted by Crippen LogP contribution is 2.02. The van der Waals surface area contributed by atoms with Crippen molar-refractivity contribution in [2.24, 2.45) is 5.73 Å². The summed E-state index contributed by atoms with van der Waals surface area (Å²) in [5, 5.41) is 2.35. The molecule has 0 heterocycles. The highest BCUT2D eigenvalue weighted by Gasteiger charge is 2.07. The van der Waals surface area contributed by atoms with Gasteiger partial charge in [0.2, 0.25) is 0 Å². The van der Waals surface area contributed by atoms with Gasteiger partial charge in [-0.25, -0.2) is 4.39 Å². The number of carbonyl (C=O) groups excluding carboxylic acids is 1. The number of halogens is 1. The molecule has 1 amide bonds.